The van der Waals surface area contributed by atoms with Crippen LogP contribution >= 0.6 is 0 Å². The maximum Gasteiger partial charge on any atom is 0.310 e. The van der Waals surface area contributed by atoms with Gasteiger partial charge in [-0.2, -0.15) is 0 Å². The average Bonchev–Trinajstić information content (AvgIpc) is 2.54. The van der Waals surface area contributed by atoms with Crippen molar-refractivity contribution in [1.82, 2.24) is 0 Å². The molecular formula is C17H17NO3. The van der Waals surface area contributed by atoms with E-state index in [4.69, 9.17) is 9.47 Å². The van der Waals surface area contributed by atoms with Gasteiger partial charge in [-0.3, -0.25) is 9.79 Å². The summed E-state index contributed by atoms with van der Waals surface area (Å²) in [6.45, 7) is 1.76. The second kappa shape index (κ2) is 7.24. The lowest BCUT2D eigenvalue weighted by Gasteiger charge is -2.02. The van der Waals surface area contributed by atoms with Gasteiger partial charge in [0.05, 0.1) is 12.8 Å². The molecule has 0 amide bonds. The highest BCUT2D eigenvalue weighted by Crippen LogP contribution is 2.18. The molecule has 0 saturated heterocycles. The Bertz CT molecular complexity index is 615. The van der Waals surface area contributed by atoms with Crippen LogP contribution in [-0.2, 0) is 4.79 Å². The third-order valence-corrected chi connectivity index (χ3v) is 2.84. The molecule has 2 aromatic rings. The van der Waals surface area contributed by atoms with E-state index in [1.807, 2.05) is 36.4 Å². The smallest absolute Gasteiger partial charge is 0.310 e. The SMILES string of the molecule is CCC(=O)Oc1ccc(C=Nc2ccc(OC)cc2)cc1. The fraction of sp³-hybridized carbons (Fsp3) is 0.176. The molecule has 0 spiro atoms. The van der Waals surface area contributed by atoms with E-state index in [9.17, 15) is 4.79 Å². The Morgan fingerprint density at radius 2 is 1.67 bits per heavy atom. The summed E-state index contributed by atoms with van der Waals surface area (Å²) in [6.07, 6.45) is 2.12. The first kappa shape index (κ1) is 14.8. The highest BCUT2D eigenvalue weighted by molar-refractivity contribution is 5.82. The van der Waals surface area contributed by atoms with E-state index in [-0.39, 0.29) is 5.97 Å². The number of carbonyl (C=O) groups is 1. The first-order valence-electron chi connectivity index (χ1n) is 6.70. The maximum atomic E-state index is 11.2. The minimum Gasteiger partial charge on any atom is -0.497 e. The van der Waals surface area contributed by atoms with E-state index in [1.165, 1.54) is 0 Å². The Morgan fingerprint density at radius 1 is 1.05 bits per heavy atom. The number of esters is 1. The summed E-state index contributed by atoms with van der Waals surface area (Å²) in [5, 5.41) is 0. The molecule has 0 fully saturated rings. The van der Waals surface area contributed by atoms with Crippen LogP contribution in [0.15, 0.2) is 53.5 Å². The molecule has 0 bridgehead atoms. The van der Waals surface area contributed by atoms with Crippen LogP contribution in [0.2, 0.25) is 0 Å². The van der Waals surface area contributed by atoms with Crippen LogP contribution in [0.5, 0.6) is 11.5 Å². The number of nitrogens with zero attached hydrogens (tertiary/aromatic N) is 1. The fourth-order valence-electron chi connectivity index (χ4n) is 1.64. The van der Waals surface area contributed by atoms with Crippen molar-refractivity contribution < 1.29 is 14.3 Å². The lowest BCUT2D eigenvalue weighted by Crippen LogP contribution is -2.05. The Hall–Kier alpha value is -2.62. The number of aliphatic imine (C=N–C) groups is 1. The van der Waals surface area contributed by atoms with Crippen LogP contribution in [0.3, 0.4) is 0 Å². The number of benzene rings is 2. The van der Waals surface area contributed by atoms with Crippen LogP contribution in [0.1, 0.15) is 18.9 Å². The van der Waals surface area contributed by atoms with Gasteiger partial charge in [-0.25, -0.2) is 0 Å². The molecule has 4 nitrogen and oxygen atoms in total. The van der Waals surface area contributed by atoms with E-state index in [0.29, 0.717) is 12.2 Å². The van der Waals surface area contributed by atoms with Crippen molar-refractivity contribution in [1.29, 1.82) is 0 Å². The van der Waals surface area contributed by atoms with Gasteiger partial charge in [0.15, 0.2) is 0 Å². The van der Waals surface area contributed by atoms with Crippen LogP contribution in [-0.4, -0.2) is 19.3 Å². The van der Waals surface area contributed by atoms with E-state index in [0.717, 1.165) is 17.0 Å². The topological polar surface area (TPSA) is 47.9 Å². The van der Waals surface area contributed by atoms with Crippen molar-refractivity contribution in [3.05, 3.63) is 54.1 Å². The predicted molar refractivity (Wildman–Crippen MR) is 82.6 cm³/mol. The van der Waals surface area contributed by atoms with Gasteiger partial charge >= 0.3 is 5.97 Å². The van der Waals surface area contributed by atoms with Gasteiger partial charge < -0.3 is 9.47 Å². The van der Waals surface area contributed by atoms with Gasteiger partial charge in [-0.15, -0.1) is 0 Å². The number of carbonyl (C=O) groups excluding carboxylic acids is 1. The molecule has 0 N–H and O–H groups in total. The fourth-order valence-corrected chi connectivity index (χ4v) is 1.64. The zero-order valence-corrected chi connectivity index (χ0v) is 12.1. The summed E-state index contributed by atoms with van der Waals surface area (Å²) in [5.74, 6) is 1.11. The number of rotatable bonds is 5. The van der Waals surface area contributed by atoms with Crippen LogP contribution in [0, 0.1) is 0 Å². The van der Waals surface area contributed by atoms with Crippen LogP contribution in [0.4, 0.5) is 5.69 Å². The monoisotopic (exact) mass is 283 g/mol. The molecule has 2 aromatic carbocycles. The molecular weight excluding hydrogens is 266 g/mol. The molecule has 0 saturated carbocycles. The summed E-state index contributed by atoms with van der Waals surface area (Å²) >= 11 is 0. The zero-order valence-electron chi connectivity index (χ0n) is 12.1. The average molecular weight is 283 g/mol. The van der Waals surface area contributed by atoms with Crippen molar-refractivity contribution in [3.8, 4) is 11.5 Å². The molecule has 2 rings (SSSR count). The number of hydrogen-bond donors (Lipinski definition) is 0. The Balaban J connectivity index is 2.01. The minimum atomic E-state index is -0.241. The Labute approximate surface area is 124 Å². The van der Waals surface area contributed by atoms with E-state index >= 15 is 0 Å². The van der Waals surface area contributed by atoms with Gasteiger partial charge in [0, 0.05) is 12.6 Å². The molecule has 0 aromatic heterocycles. The zero-order chi connectivity index (χ0) is 15.1. The second-order valence-corrected chi connectivity index (χ2v) is 4.35. The molecule has 0 aliphatic carbocycles. The van der Waals surface area contributed by atoms with Crippen molar-refractivity contribution in [2.45, 2.75) is 13.3 Å². The van der Waals surface area contributed by atoms with Crippen molar-refractivity contribution in [2.75, 3.05) is 7.11 Å². The van der Waals surface area contributed by atoms with E-state index in [2.05, 4.69) is 4.99 Å². The highest BCUT2D eigenvalue weighted by Gasteiger charge is 2.00. The predicted octanol–water partition coefficient (Wildman–Crippen LogP) is 3.76. The molecule has 108 valence electrons. The molecule has 0 radical (unpaired) electrons. The van der Waals surface area contributed by atoms with Gasteiger partial charge in [0.2, 0.25) is 0 Å². The summed E-state index contributed by atoms with van der Waals surface area (Å²) in [5.41, 5.74) is 1.78. The molecule has 0 atom stereocenters. The standard InChI is InChI=1S/C17H17NO3/c1-3-17(19)21-16-8-4-13(5-9-16)12-18-14-6-10-15(20-2)11-7-14/h4-12H,3H2,1-2H3. The normalized spacial score (nSPS) is 10.6. The molecule has 21 heavy (non-hydrogen) atoms. The number of methoxy groups -OCH3 is 1. The van der Waals surface area contributed by atoms with Crippen molar-refractivity contribution in [2.24, 2.45) is 4.99 Å². The molecule has 0 aliphatic heterocycles. The first-order valence-corrected chi connectivity index (χ1v) is 6.70. The highest BCUT2D eigenvalue weighted by atomic mass is 16.5. The number of ether oxygens (including phenoxy) is 2. The third-order valence-electron chi connectivity index (χ3n) is 2.84. The Morgan fingerprint density at radius 3 is 2.24 bits per heavy atom. The van der Waals surface area contributed by atoms with Crippen LogP contribution < -0.4 is 9.47 Å². The number of hydrogen-bond acceptors (Lipinski definition) is 4. The largest absolute Gasteiger partial charge is 0.497 e. The van der Waals surface area contributed by atoms with Gasteiger partial charge in [-0.05, 0) is 54.1 Å². The van der Waals surface area contributed by atoms with Crippen molar-refractivity contribution >= 4 is 17.9 Å². The summed E-state index contributed by atoms with van der Waals surface area (Å²) in [6, 6.07) is 14.7. The van der Waals surface area contributed by atoms with Gasteiger partial charge in [0.25, 0.3) is 0 Å². The van der Waals surface area contributed by atoms with Crippen molar-refractivity contribution in [3.63, 3.8) is 0 Å². The third kappa shape index (κ3) is 4.45. The van der Waals surface area contributed by atoms with Gasteiger partial charge in [0.1, 0.15) is 11.5 Å². The Kier molecular flexibility index (Phi) is 5.10. The minimum absolute atomic E-state index is 0.241. The first-order chi connectivity index (χ1) is 10.2. The summed E-state index contributed by atoms with van der Waals surface area (Å²) in [4.78, 5) is 15.5. The van der Waals surface area contributed by atoms with Crippen LogP contribution in [0.25, 0.3) is 0 Å². The lowest BCUT2D eigenvalue weighted by molar-refractivity contribution is -0.134. The quantitative estimate of drug-likeness (QED) is 0.477. The lowest BCUT2D eigenvalue weighted by atomic mass is 10.2. The summed E-state index contributed by atoms with van der Waals surface area (Å²) in [7, 11) is 1.63. The molecule has 0 unspecified atom stereocenters. The second-order valence-electron chi connectivity index (χ2n) is 4.35. The molecule has 4 heteroatoms. The van der Waals surface area contributed by atoms with E-state index in [1.54, 1.807) is 32.4 Å². The molecule has 0 heterocycles. The maximum absolute atomic E-state index is 11.2. The van der Waals surface area contributed by atoms with E-state index < -0.39 is 0 Å². The summed E-state index contributed by atoms with van der Waals surface area (Å²) < 4.78 is 10.2. The van der Waals surface area contributed by atoms with Gasteiger partial charge in [-0.1, -0.05) is 6.92 Å². The molecule has 0 aliphatic rings.